The lowest BCUT2D eigenvalue weighted by atomic mass is 9.96. The van der Waals surface area contributed by atoms with Crippen molar-refractivity contribution in [2.24, 2.45) is 0 Å². The highest BCUT2D eigenvalue weighted by molar-refractivity contribution is 5.97. The van der Waals surface area contributed by atoms with E-state index in [-0.39, 0.29) is 11.1 Å². The minimum absolute atomic E-state index is 0.165. The Hall–Kier alpha value is -2.86. The van der Waals surface area contributed by atoms with Gasteiger partial charge >= 0.3 is 0 Å². The molecule has 0 saturated heterocycles. The molecule has 3 rings (SSSR count). The van der Waals surface area contributed by atoms with E-state index < -0.39 is 0 Å². The lowest BCUT2D eigenvalue weighted by Crippen LogP contribution is -2.12. The first kappa shape index (κ1) is 13.1. The predicted molar refractivity (Wildman–Crippen MR) is 84.1 cm³/mol. The number of pyridine rings is 1. The fourth-order valence-electron chi connectivity index (χ4n) is 2.56. The molecule has 0 amide bonds. The Morgan fingerprint density at radius 2 is 1.81 bits per heavy atom. The van der Waals surface area contributed by atoms with Crippen molar-refractivity contribution in [2.75, 3.05) is 0 Å². The number of fused-ring (bicyclic) bond motifs is 1. The normalized spacial score (nSPS) is 10.5. The number of benzene rings is 2. The molecule has 1 heterocycles. The topological polar surface area (TPSA) is 56.6 Å². The Balaban J connectivity index is 2.38. The molecule has 21 heavy (non-hydrogen) atoms. The van der Waals surface area contributed by atoms with Gasteiger partial charge in [-0.25, -0.2) is 0 Å². The van der Waals surface area contributed by atoms with Crippen LogP contribution in [-0.2, 0) is 6.42 Å². The number of aryl methyl sites for hydroxylation is 1. The van der Waals surface area contributed by atoms with E-state index in [2.05, 4.69) is 11.9 Å². The number of aromatic amines is 1. The number of nitriles is 1. The fraction of sp³-hybridized carbons (Fsp3) is 0.111. The highest BCUT2D eigenvalue weighted by atomic mass is 16.1. The first-order chi connectivity index (χ1) is 10.2. The van der Waals surface area contributed by atoms with E-state index >= 15 is 0 Å². The summed E-state index contributed by atoms with van der Waals surface area (Å²) >= 11 is 0. The number of hydrogen-bond donors (Lipinski definition) is 1. The Morgan fingerprint density at radius 1 is 1.10 bits per heavy atom. The van der Waals surface area contributed by atoms with Crippen LogP contribution in [0.1, 0.15) is 18.1 Å². The van der Waals surface area contributed by atoms with Crippen molar-refractivity contribution in [3.05, 3.63) is 70.0 Å². The third-order valence-corrected chi connectivity index (χ3v) is 3.68. The molecule has 1 aromatic heterocycles. The number of nitrogens with one attached hydrogen (secondary N) is 1. The summed E-state index contributed by atoms with van der Waals surface area (Å²) < 4.78 is 0. The Morgan fingerprint density at radius 3 is 2.48 bits per heavy atom. The quantitative estimate of drug-likeness (QED) is 0.775. The van der Waals surface area contributed by atoms with Crippen molar-refractivity contribution in [1.29, 1.82) is 5.26 Å². The maximum Gasteiger partial charge on any atom is 0.266 e. The van der Waals surface area contributed by atoms with Crippen LogP contribution >= 0.6 is 0 Å². The summed E-state index contributed by atoms with van der Waals surface area (Å²) in [5.41, 5.74) is 3.40. The molecular weight excluding hydrogens is 260 g/mol. The molecule has 0 radical (unpaired) electrons. The lowest BCUT2D eigenvalue weighted by Gasteiger charge is -2.09. The van der Waals surface area contributed by atoms with Crippen LogP contribution in [0.5, 0.6) is 0 Å². The Labute approximate surface area is 122 Å². The van der Waals surface area contributed by atoms with Crippen LogP contribution in [0.25, 0.3) is 22.0 Å². The van der Waals surface area contributed by atoms with Crippen LogP contribution in [0.15, 0.2) is 53.3 Å². The second kappa shape index (κ2) is 5.26. The summed E-state index contributed by atoms with van der Waals surface area (Å²) in [5.74, 6) is 0. The molecule has 3 aromatic rings. The van der Waals surface area contributed by atoms with E-state index in [9.17, 15) is 10.1 Å². The largest absolute Gasteiger partial charge is 0.321 e. The van der Waals surface area contributed by atoms with Gasteiger partial charge in [0.1, 0.15) is 11.6 Å². The molecule has 3 nitrogen and oxygen atoms in total. The number of aromatic nitrogens is 1. The van der Waals surface area contributed by atoms with Gasteiger partial charge in [0.25, 0.3) is 5.56 Å². The molecule has 0 aliphatic rings. The van der Waals surface area contributed by atoms with E-state index in [1.165, 1.54) is 5.56 Å². The molecule has 0 atom stereocenters. The molecule has 0 aliphatic heterocycles. The predicted octanol–water partition coefficient (Wildman–Crippen LogP) is 3.63. The standard InChI is InChI=1S/C18H14N2O/c1-2-12-7-9-13(10-8-12)17-14-5-3-4-6-16(14)20-18(21)15(17)11-19/h3-10H,2H2,1H3,(H,20,21). The Bertz CT molecular complexity index is 899. The van der Waals surface area contributed by atoms with Crippen LogP contribution in [0.4, 0.5) is 0 Å². The van der Waals surface area contributed by atoms with Crippen LogP contribution < -0.4 is 5.56 Å². The van der Waals surface area contributed by atoms with Gasteiger partial charge in [-0.3, -0.25) is 4.79 Å². The van der Waals surface area contributed by atoms with Crippen LogP contribution in [0.2, 0.25) is 0 Å². The third kappa shape index (κ3) is 2.21. The van der Waals surface area contributed by atoms with Gasteiger partial charge in [0.2, 0.25) is 0 Å². The minimum atomic E-state index is -0.342. The van der Waals surface area contributed by atoms with Gasteiger partial charge in [-0.05, 0) is 23.6 Å². The SMILES string of the molecule is CCc1ccc(-c2c(C#N)c(=O)[nH]c3ccccc23)cc1. The lowest BCUT2D eigenvalue weighted by molar-refractivity contribution is 1.14. The Kier molecular flexibility index (Phi) is 3.29. The maximum atomic E-state index is 12.1. The van der Waals surface area contributed by atoms with E-state index in [4.69, 9.17) is 0 Å². The van der Waals surface area contributed by atoms with Crippen molar-refractivity contribution in [3.8, 4) is 17.2 Å². The van der Waals surface area contributed by atoms with Gasteiger partial charge < -0.3 is 4.98 Å². The van der Waals surface area contributed by atoms with Crippen molar-refractivity contribution in [1.82, 2.24) is 4.98 Å². The van der Waals surface area contributed by atoms with E-state index in [1.54, 1.807) is 0 Å². The molecule has 0 spiro atoms. The van der Waals surface area contributed by atoms with Crippen molar-refractivity contribution in [3.63, 3.8) is 0 Å². The number of rotatable bonds is 2. The average Bonchev–Trinajstić information content (AvgIpc) is 2.53. The average molecular weight is 274 g/mol. The number of hydrogen-bond acceptors (Lipinski definition) is 2. The van der Waals surface area contributed by atoms with Crippen molar-refractivity contribution >= 4 is 10.9 Å². The number of H-pyrrole nitrogens is 1. The van der Waals surface area contributed by atoms with Crippen molar-refractivity contribution < 1.29 is 0 Å². The van der Waals surface area contributed by atoms with Gasteiger partial charge in [-0.1, -0.05) is 49.4 Å². The van der Waals surface area contributed by atoms with E-state index in [0.717, 1.165) is 22.9 Å². The third-order valence-electron chi connectivity index (χ3n) is 3.68. The smallest absolute Gasteiger partial charge is 0.266 e. The van der Waals surface area contributed by atoms with Gasteiger partial charge in [0, 0.05) is 16.5 Å². The number of nitrogens with zero attached hydrogens (tertiary/aromatic N) is 1. The summed E-state index contributed by atoms with van der Waals surface area (Å²) in [6, 6.07) is 17.6. The minimum Gasteiger partial charge on any atom is -0.321 e. The van der Waals surface area contributed by atoms with Gasteiger partial charge in [-0.15, -0.1) is 0 Å². The summed E-state index contributed by atoms with van der Waals surface area (Å²) in [6.45, 7) is 2.10. The van der Waals surface area contributed by atoms with Crippen LogP contribution in [0.3, 0.4) is 0 Å². The molecule has 0 fully saturated rings. The number of para-hydroxylation sites is 1. The van der Waals surface area contributed by atoms with Crippen LogP contribution in [0, 0.1) is 11.3 Å². The second-order valence-corrected chi connectivity index (χ2v) is 4.91. The molecule has 1 N–H and O–H groups in total. The summed E-state index contributed by atoms with van der Waals surface area (Å²) in [6.07, 6.45) is 0.960. The maximum absolute atomic E-state index is 12.1. The first-order valence-electron chi connectivity index (χ1n) is 6.89. The highest BCUT2D eigenvalue weighted by Gasteiger charge is 2.13. The molecule has 0 unspecified atom stereocenters. The van der Waals surface area contributed by atoms with Crippen LogP contribution in [-0.4, -0.2) is 4.98 Å². The zero-order valence-electron chi connectivity index (χ0n) is 11.7. The van der Waals surface area contributed by atoms with Gasteiger partial charge in [-0.2, -0.15) is 5.26 Å². The molecule has 0 bridgehead atoms. The molecule has 3 heteroatoms. The summed E-state index contributed by atoms with van der Waals surface area (Å²) in [5, 5.41) is 10.2. The zero-order valence-corrected chi connectivity index (χ0v) is 11.7. The molecule has 0 aliphatic carbocycles. The molecular formula is C18H14N2O. The summed E-state index contributed by atoms with van der Waals surface area (Å²) in [4.78, 5) is 14.9. The molecule has 2 aromatic carbocycles. The van der Waals surface area contributed by atoms with E-state index in [0.29, 0.717) is 5.56 Å². The first-order valence-corrected chi connectivity index (χ1v) is 6.89. The molecule has 0 saturated carbocycles. The second-order valence-electron chi connectivity index (χ2n) is 4.91. The van der Waals surface area contributed by atoms with Crippen molar-refractivity contribution in [2.45, 2.75) is 13.3 Å². The zero-order chi connectivity index (χ0) is 14.8. The monoisotopic (exact) mass is 274 g/mol. The fourth-order valence-corrected chi connectivity index (χ4v) is 2.56. The van der Waals surface area contributed by atoms with E-state index in [1.807, 2.05) is 54.6 Å². The summed E-state index contributed by atoms with van der Waals surface area (Å²) in [7, 11) is 0. The highest BCUT2D eigenvalue weighted by Crippen LogP contribution is 2.29. The molecule has 102 valence electrons. The van der Waals surface area contributed by atoms with Gasteiger partial charge in [0.05, 0.1) is 0 Å². The van der Waals surface area contributed by atoms with Gasteiger partial charge in [0.15, 0.2) is 0 Å².